The van der Waals surface area contributed by atoms with E-state index in [4.69, 9.17) is 45.1 Å². The first kappa shape index (κ1) is 31.7. The first-order chi connectivity index (χ1) is 21.7. The third-order valence-electron chi connectivity index (χ3n) is 7.68. The number of hydrogen-bond acceptors (Lipinski definition) is 15. The maximum absolute atomic E-state index is 16.0. The van der Waals surface area contributed by atoms with Gasteiger partial charge in [-0.05, 0) is 11.8 Å². The van der Waals surface area contributed by atoms with Crippen LogP contribution < -0.4 is 11.3 Å². The average Bonchev–Trinajstić information content (AvgIpc) is 3.73. The Kier molecular flexibility index (Phi) is 7.86. The van der Waals surface area contributed by atoms with Crippen LogP contribution in [0.1, 0.15) is 12.5 Å². The zero-order chi connectivity index (χ0) is 32.7. The van der Waals surface area contributed by atoms with Crippen LogP contribution in [0, 0.1) is 5.82 Å². The molecule has 7 heterocycles. The van der Waals surface area contributed by atoms with E-state index >= 15 is 4.39 Å². The Morgan fingerprint density at radius 2 is 1.74 bits per heavy atom. The summed E-state index contributed by atoms with van der Waals surface area (Å²) in [7, 11) is -3.80. The van der Waals surface area contributed by atoms with Gasteiger partial charge in [-0.1, -0.05) is 0 Å². The lowest BCUT2D eigenvalue weighted by atomic mass is 10.1. The standard InChI is InChI=1S/C22H24F2N8O11P2S/c1-30-6-29-18-11(20(30)34)8(23)2-31(18)22-16-14(33)9(40-22)3-39-45(37,46)43-15-10(4-38-44(35,36)42-16)41-21(12(15)24)32-7-28-13-17(25)26-5-27-19(13)32/h2,5-7,9-10,12,14-16,21-22,33H,3-4H2,1H3,(H,35,36)(H,37,46)(H2,25,26,27)/t9-,10-,12-,14-,15?,16-,21-,22-,45?/m1/s1. The summed E-state index contributed by atoms with van der Waals surface area (Å²) in [5.74, 6) is -0.972. The quantitative estimate of drug-likeness (QED) is 0.199. The molecule has 0 spiro atoms. The number of imidazole rings is 1. The first-order valence-corrected chi connectivity index (χ1v) is 17.4. The number of nitrogen functional groups attached to an aromatic ring is 1. The van der Waals surface area contributed by atoms with E-state index in [0.29, 0.717) is 0 Å². The van der Waals surface area contributed by atoms with Gasteiger partial charge in [0, 0.05) is 13.2 Å². The number of aliphatic hydroxyl groups excluding tert-OH is 1. The number of anilines is 1. The summed E-state index contributed by atoms with van der Waals surface area (Å²) in [6.07, 6.45) is -9.06. The van der Waals surface area contributed by atoms with Gasteiger partial charge in [0.1, 0.15) is 47.8 Å². The molecule has 3 aliphatic rings. The van der Waals surface area contributed by atoms with Gasteiger partial charge in [-0.15, -0.1) is 0 Å². The van der Waals surface area contributed by atoms with E-state index in [-0.39, 0.29) is 22.6 Å². The molecular formula is C22H24F2N8O11P2S. The summed E-state index contributed by atoms with van der Waals surface area (Å²) in [5.41, 5.74) is 5.12. The van der Waals surface area contributed by atoms with E-state index in [0.717, 1.165) is 28.0 Å². The molecule has 46 heavy (non-hydrogen) atoms. The van der Waals surface area contributed by atoms with Crippen LogP contribution in [0.4, 0.5) is 14.6 Å². The molecule has 3 unspecified atom stereocenters. The van der Waals surface area contributed by atoms with E-state index in [9.17, 15) is 28.6 Å². The normalized spacial score (nSPS) is 37.2. The number of halogens is 2. The smallest absolute Gasteiger partial charge is 0.387 e. The van der Waals surface area contributed by atoms with Crippen LogP contribution in [0.2, 0.25) is 0 Å². The number of aromatic nitrogens is 7. The Bertz CT molecular complexity index is 2000. The van der Waals surface area contributed by atoms with E-state index < -0.39 is 93.7 Å². The van der Waals surface area contributed by atoms with Crippen molar-refractivity contribution in [2.45, 2.75) is 49.1 Å². The number of aryl methyl sites for hydroxylation is 1. The van der Waals surface area contributed by atoms with E-state index in [1.165, 1.54) is 17.9 Å². The zero-order valence-corrected chi connectivity index (χ0v) is 25.8. The highest BCUT2D eigenvalue weighted by Gasteiger charge is 2.54. The number of nitrogens with zero attached hydrogens (tertiary/aromatic N) is 7. The predicted octanol–water partition coefficient (Wildman–Crippen LogP) is -0.0756. The molecule has 2 bridgehead atoms. The number of rotatable bonds is 2. The predicted molar refractivity (Wildman–Crippen MR) is 151 cm³/mol. The molecule has 0 aliphatic carbocycles. The highest BCUT2D eigenvalue weighted by molar-refractivity contribution is 8.07. The molecular weight excluding hydrogens is 684 g/mol. The van der Waals surface area contributed by atoms with Crippen LogP contribution in [-0.4, -0.2) is 98.4 Å². The molecule has 248 valence electrons. The summed E-state index contributed by atoms with van der Waals surface area (Å²) in [6.45, 7) is -5.90. The molecule has 3 fully saturated rings. The number of phosphoric ester groups is 1. The summed E-state index contributed by atoms with van der Waals surface area (Å²) < 4.78 is 80.3. The van der Waals surface area contributed by atoms with Crippen LogP contribution in [-0.2, 0) is 51.0 Å². The molecule has 19 nitrogen and oxygen atoms in total. The number of alkyl halides is 1. The van der Waals surface area contributed by atoms with Gasteiger partial charge < -0.3 is 43.8 Å². The van der Waals surface area contributed by atoms with Crippen LogP contribution >= 0.6 is 14.5 Å². The second-order valence-corrected chi connectivity index (χ2v) is 14.8. The van der Waals surface area contributed by atoms with Crippen LogP contribution in [0.15, 0.2) is 30.0 Å². The lowest BCUT2D eigenvalue weighted by Crippen LogP contribution is -2.35. The number of ether oxygens (including phenoxy) is 2. The van der Waals surface area contributed by atoms with Crippen molar-refractivity contribution < 1.29 is 55.8 Å². The Morgan fingerprint density at radius 3 is 2.52 bits per heavy atom. The Labute approximate surface area is 260 Å². The second kappa shape index (κ2) is 11.4. The van der Waals surface area contributed by atoms with E-state index in [2.05, 4.69) is 19.9 Å². The lowest BCUT2D eigenvalue weighted by Gasteiger charge is -2.26. The minimum atomic E-state index is -5.16. The van der Waals surface area contributed by atoms with Gasteiger partial charge >= 0.3 is 14.5 Å². The largest absolute Gasteiger partial charge is 0.472 e. The first-order valence-electron chi connectivity index (χ1n) is 13.3. The zero-order valence-electron chi connectivity index (χ0n) is 23.2. The summed E-state index contributed by atoms with van der Waals surface area (Å²) >= 11 is 5.11. The van der Waals surface area contributed by atoms with Crippen molar-refractivity contribution in [1.29, 1.82) is 0 Å². The Balaban J connectivity index is 1.21. The minimum absolute atomic E-state index is 0.0168. The van der Waals surface area contributed by atoms with Crippen molar-refractivity contribution in [1.82, 2.24) is 33.6 Å². The van der Waals surface area contributed by atoms with Crippen molar-refractivity contribution in [2.24, 2.45) is 7.05 Å². The molecule has 0 aromatic carbocycles. The lowest BCUT2D eigenvalue weighted by molar-refractivity contribution is -0.0642. The van der Waals surface area contributed by atoms with Gasteiger partial charge in [-0.25, -0.2) is 33.3 Å². The number of nitrogens with two attached hydrogens (primary N) is 1. The molecule has 4 aromatic heterocycles. The third-order valence-corrected chi connectivity index (χ3v) is 10.2. The van der Waals surface area contributed by atoms with Gasteiger partial charge in [0.05, 0.1) is 25.9 Å². The Hall–Kier alpha value is -2.85. The van der Waals surface area contributed by atoms with E-state index in [1.54, 1.807) is 0 Å². The number of fused-ring (bicyclic) bond motifs is 5. The van der Waals surface area contributed by atoms with Gasteiger partial charge in [-0.2, -0.15) is 0 Å². The average molecular weight is 708 g/mol. The third kappa shape index (κ3) is 5.37. The highest BCUT2D eigenvalue weighted by atomic mass is 32.5. The molecule has 0 radical (unpaired) electrons. The summed E-state index contributed by atoms with van der Waals surface area (Å²) in [6, 6.07) is 0. The Morgan fingerprint density at radius 1 is 1.00 bits per heavy atom. The fourth-order valence-corrected chi connectivity index (χ4v) is 7.88. The SMILES string of the molecule is Cn1cnc2c(c(F)cn2[C@@H]2O[C@@H]3COP(O)(=S)OC4[C@@H](F)[C@H](n5cnc6c(N)ncnc65)O[C@@H]4COP(=O)(O)O[C@@H]2[C@@H]3O)c1=O. The second-order valence-electron chi connectivity index (χ2n) is 10.6. The monoisotopic (exact) mass is 708 g/mol. The fraction of sp³-hybridized carbons (Fsp3) is 0.500. The number of hydrogen-bond donors (Lipinski definition) is 4. The molecule has 0 saturated carbocycles. The molecule has 5 N–H and O–H groups in total. The molecule has 0 amide bonds. The molecule has 4 aromatic rings. The number of phosphoric acid groups is 1. The van der Waals surface area contributed by atoms with Crippen molar-refractivity contribution in [2.75, 3.05) is 18.9 Å². The van der Waals surface area contributed by atoms with Crippen molar-refractivity contribution >= 4 is 54.4 Å². The maximum Gasteiger partial charge on any atom is 0.472 e. The van der Waals surface area contributed by atoms with Crippen LogP contribution in [0.5, 0.6) is 0 Å². The van der Waals surface area contributed by atoms with Gasteiger partial charge in [0.15, 0.2) is 41.6 Å². The van der Waals surface area contributed by atoms with Gasteiger partial charge in [-0.3, -0.25) is 22.9 Å². The van der Waals surface area contributed by atoms with Crippen molar-refractivity contribution in [3.8, 4) is 0 Å². The highest BCUT2D eigenvalue weighted by Crippen LogP contribution is 2.54. The molecule has 10 atom stereocenters. The molecule has 3 aliphatic heterocycles. The minimum Gasteiger partial charge on any atom is -0.387 e. The summed E-state index contributed by atoms with van der Waals surface area (Å²) in [4.78, 5) is 50.2. The topological polar surface area (TPSA) is 243 Å². The molecule has 7 rings (SSSR count). The molecule has 24 heteroatoms. The van der Waals surface area contributed by atoms with Gasteiger partial charge in [0.25, 0.3) is 5.56 Å². The van der Waals surface area contributed by atoms with E-state index in [1.807, 2.05) is 0 Å². The van der Waals surface area contributed by atoms with Crippen LogP contribution in [0.3, 0.4) is 0 Å². The number of aliphatic hydroxyl groups is 1. The van der Waals surface area contributed by atoms with Gasteiger partial charge in [0.2, 0.25) is 0 Å². The van der Waals surface area contributed by atoms with Crippen LogP contribution in [0.25, 0.3) is 22.2 Å². The van der Waals surface area contributed by atoms with Crippen molar-refractivity contribution in [3.63, 3.8) is 0 Å². The van der Waals surface area contributed by atoms with Crippen molar-refractivity contribution in [3.05, 3.63) is 41.3 Å². The fourth-order valence-electron chi connectivity index (χ4n) is 5.51. The molecule has 3 saturated heterocycles. The summed E-state index contributed by atoms with van der Waals surface area (Å²) in [5, 5.41) is 10.6. The maximum atomic E-state index is 16.0.